The first-order valence-corrected chi connectivity index (χ1v) is 12.1. The van der Waals surface area contributed by atoms with Crippen LogP contribution in [-0.2, 0) is 30.5 Å². The van der Waals surface area contributed by atoms with Gasteiger partial charge in [0.05, 0.1) is 24.2 Å². The van der Waals surface area contributed by atoms with E-state index in [4.69, 9.17) is 14.7 Å². The Morgan fingerprint density at radius 2 is 2.09 bits per heavy atom. The van der Waals surface area contributed by atoms with Gasteiger partial charge < -0.3 is 15.2 Å². The Bertz CT molecular complexity index is 1120. The Kier molecular flexibility index (Phi) is 9.24. The lowest BCUT2D eigenvalue weighted by Crippen LogP contribution is -2.14. The number of anilines is 1. The number of fused-ring (bicyclic) bond motifs is 1. The number of carboxylic acid groups (broad SMARTS) is 1. The maximum absolute atomic E-state index is 14.2. The minimum absolute atomic E-state index is 0. The number of aromatic nitrogens is 2. The predicted octanol–water partition coefficient (Wildman–Crippen LogP) is 5.44. The first-order valence-electron chi connectivity index (χ1n) is 11.2. The summed E-state index contributed by atoms with van der Waals surface area (Å²) in [5, 5.41) is 15.7. The van der Waals surface area contributed by atoms with Crippen molar-refractivity contribution >= 4 is 35.5 Å². The Hall–Kier alpha value is -2.71. The van der Waals surface area contributed by atoms with E-state index < -0.39 is 11.8 Å². The van der Waals surface area contributed by atoms with E-state index in [1.165, 1.54) is 24.8 Å². The fraction of sp³-hybridized carbons (Fsp3) is 0.400. The molecule has 3 aromatic rings. The molecule has 0 bridgehead atoms. The number of aryl methyl sites for hydroxylation is 3. The molecule has 2 N–H and O–H groups in total. The first-order chi connectivity index (χ1) is 16.0. The van der Waals surface area contributed by atoms with Crippen LogP contribution in [0.15, 0.2) is 35.7 Å². The number of methoxy groups -OCH3 is 1. The number of carboxylic acids is 1. The molecule has 0 saturated heterocycles. The van der Waals surface area contributed by atoms with Crippen LogP contribution in [-0.4, -0.2) is 34.7 Å². The summed E-state index contributed by atoms with van der Waals surface area (Å²) in [4.78, 5) is 20.9. The van der Waals surface area contributed by atoms with Gasteiger partial charge in [0.25, 0.3) is 0 Å². The van der Waals surface area contributed by atoms with Gasteiger partial charge in [0.2, 0.25) is 0 Å². The van der Waals surface area contributed by atoms with E-state index in [0.717, 1.165) is 60.9 Å². The third-order valence-corrected chi connectivity index (χ3v) is 6.86. The molecule has 182 valence electrons. The number of nitrogens with one attached hydrogen (secondary N) is 1. The third-order valence-electron chi connectivity index (χ3n) is 5.90. The zero-order chi connectivity index (χ0) is 23.2. The molecule has 0 saturated carbocycles. The summed E-state index contributed by atoms with van der Waals surface area (Å²) >= 11 is 1.59. The van der Waals surface area contributed by atoms with E-state index >= 15 is 0 Å². The molecule has 0 spiro atoms. The minimum Gasteiger partial charge on any atom is -0.494 e. The second-order valence-electron chi connectivity index (χ2n) is 8.32. The number of ether oxygens (including phenoxy) is 1. The van der Waals surface area contributed by atoms with Crippen molar-refractivity contribution in [1.29, 1.82) is 0 Å². The third kappa shape index (κ3) is 6.67. The summed E-state index contributed by atoms with van der Waals surface area (Å²) in [6.07, 6.45) is 5.28. The molecule has 4 rings (SSSR count). The van der Waals surface area contributed by atoms with E-state index in [2.05, 4.69) is 17.4 Å². The highest BCUT2D eigenvalue weighted by molar-refractivity contribution is 7.09. The topological polar surface area (TPSA) is 84.3 Å². The van der Waals surface area contributed by atoms with E-state index in [1.807, 2.05) is 5.38 Å². The molecule has 2 aromatic heterocycles. The van der Waals surface area contributed by atoms with Gasteiger partial charge in [-0.25, -0.2) is 14.4 Å². The quantitative estimate of drug-likeness (QED) is 0.381. The number of benzene rings is 1. The number of pyridine rings is 1. The minimum atomic E-state index is -0.918. The number of nitrogens with zero attached hydrogens (tertiary/aromatic N) is 2. The number of carbonyl (C=O) groups is 1. The van der Waals surface area contributed by atoms with Crippen molar-refractivity contribution in [1.82, 2.24) is 9.97 Å². The monoisotopic (exact) mass is 505 g/mol. The summed E-state index contributed by atoms with van der Waals surface area (Å²) in [7, 11) is 1.40. The molecule has 1 unspecified atom stereocenters. The highest BCUT2D eigenvalue weighted by Crippen LogP contribution is 2.29. The molecule has 1 aliphatic rings. The standard InChI is InChI=1S/C25H28FN3O3S.ClH/c1-32-22-10-8-17(13-21(22)26)18(14-24(30)31)12-20-15-33-23(28-20)6-2-5-19-9-7-16-4-3-11-27-25(16)29-19;/h7-10,13,15,18H,2-6,11-12,14H2,1H3,(H,27,29)(H,30,31);1H. The summed E-state index contributed by atoms with van der Waals surface area (Å²) in [6, 6.07) is 8.92. The molecule has 34 heavy (non-hydrogen) atoms. The largest absolute Gasteiger partial charge is 0.494 e. The zero-order valence-electron chi connectivity index (χ0n) is 19.1. The summed E-state index contributed by atoms with van der Waals surface area (Å²) in [5.74, 6) is -0.596. The average Bonchev–Trinajstić information content (AvgIpc) is 3.25. The van der Waals surface area contributed by atoms with E-state index in [9.17, 15) is 14.3 Å². The van der Waals surface area contributed by atoms with E-state index in [0.29, 0.717) is 12.0 Å². The van der Waals surface area contributed by atoms with Crippen LogP contribution in [0, 0.1) is 5.82 Å². The molecule has 3 heterocycles. The van der Waals surface area contributed by atoms with Crippen molar-refractivity contribution in [3.63, 3.8) is 0 Å². The highest BCUT2D eigenvalue weighted by atomic mass is 35.5. The van der Waals surface area contributed by atoms with Crippen molar-refractivity contribution in [2.75, 3.05) is 19.0 Å². The number of aliphatic carboxylic acids is 1. The molecule has 9 heteroatoms. The Balaban J connectivity index is 0.00000324. The van der Waals surface area contributed by atoms with Crippen molar-refractivity contribution in [3.8, 4) is 5.75 Å². The second-order valence-corrected chi connectivity index (χ2v) is 9.26. The number of halogens is 2. The van der Waals surface area contributed by atoms with Gasteiger partial charge in [-0.05, 0) is 73.8 Å². The van der Waals surface area contributed by atoms with Gasteiger partial charge in [-0.2, -0.15) is 0 Å². The first kappa shape index (κ1) is 25.9. The molecule has 1 atom stereocenters. The fourth-order valence-corrected chi connectivity index (χ4v) is 5.05. The van der Waals surface area contributed by atoms with Gasteiger partial charge in [-0.15, -0.1) is 23.7 Å². The van der Waals surface area contributed by atoms with Gasteiger partial charge in [0, 0.05) is 17.6 Å². The van der Waals surface area contributed by atoms with Crippen molar-refractivity contribution < 1.29 is 19.0 Å². The fourth-order valence-electron chi connectivity index (χ4n) is 4.19. The lowest BCUT2D eigenvalue weighted by Gasteiger charge is -2.17. The number of thiazole rings is 1. The van der Waals surface area contributed by atoms with Crippen LogP contribution in [0.3, 0.4) is 0 Å². The van der Waals surface area contributed by atoms with Gasteiger partial charge in [0.15, 0.2) is 11.6 Å². The number of hydrogen-bond acceptors (Lipinski definition) is 6. The van der Waals surface area contributed by atoms with E-state index in [-0.39, 0.29) is 30.5 Å². The molecule has 0 aliphatic carbocycles. The Morgan fingerprint density at radius 1 is 1.24 bits per heavy atom. The van der Waals surface area contributed by atoms with Gasteiger partial charge in [0.1, 0.15) is 5.82 Å². The summed E-state index contributed by atoms with van der Waals surface area (Å²) in [6.45, 7) is 0.984. The number of rotatable bonds is 10. The molecule has 0 radical (unpaired) electrons. The lowest BCUT2D eigenvalue weighted by atomic mass is 9.91. The number of hydrogen-bond donors (Lipinski definition) is 2. The molecule has 6 nitrogen and oxygen atoms in total. The Morgan fingerprint density at radius 3 is 2.85 bits per heavy atom. The van der Waals surface area contributed by atoms with Gasteiger partial charge in [-0.1, -0.05) is 12.1 Å². The summed E-state index contributed by atoms with van der Waals surface area (Å²) in [5.41, 5.74) is 3.86. The second kappa shape index (κ2) is 12.1. The van der Waals surface area contributed by atoms with Crippen LogP contribution < -0.4 is 10.1 Å². The summed E-state index contributed by atoms with van der Waals surface area (Å²) < 4.78 is 19.1. The molecule has 0 amide bonds. The average molecular weight is 506 g/mol. The maximum Gasteiger partial charge on any atom is 0.303 e. The van der Waals surface area contributed by atoms with Gasteiger partial charge >= 0.3 is 5.97 Å². The molecular weight excluding hydrogens is 477 g/mol. The predicted molar refractivity (Wildman–Crippen MR) is 134 cm³/mol. The Labute approximate surface area is 209 Å². The van der Waals surface area contributed by atoms with Crippen LogP contribution >= 0.6 is 23.7 Å². The molecule has 1 aromatic carbocycles. The van der Waals surface area contributed by atoms with Crippen LogP contribution in [0.4, 0.5) is 10.2 Å². The van der Waals surface area contributed by atoms with Crippen molar-refractivity contribution in [2.24, 2.45) is 0 Å². The van der Waals surface area contributed by atoms with Crippen molar-refractivity contribution in [2.45, 2.75) is 50.9 Å². The van der Waals surface area contributed by atoms with Crippen LogP contribution in [0.25, 0.3) is 0 Å². The molecule has 0 fully saturated rings. The van der Waals surface area contributed by atoms with E-state index in [1.54, 1.807) is 17.4 Å². The normalized spacial score (nSPS) is 13.4. The van der Waals surface area contributed by atoms with Crippen LogP contribution in [0.5, 0.6) is 5.75 Å². The van der Waals surface area contributed by atoms with Crippen LogP contribution in [0.1, 0.15) is 52.7 Å². The lowest BCUT2D eigenvalue weighted by molar-refractivity contribution is -0.137. The molecule has 1 aliphatic heterocycles. The van der Waals surface area contributed by atoms with Crippen molar-refractivity contribution in [3.05, 3.63) is 69.1 Å². The van der Waals surface area contributed by atoms with Crippen LogP contribution in [0.2, 0.25) is 0 Å². The SMILES string of the molecule is COc1ccc(C(CC(=O)O)Cc2csc(CCCc3ccc4c(n3)NCCC4)n2)cc1F.Cl. The molecular formula is C25H29ClFN3O3S. The zero-order valence-corrected chi connectivity index (χ0v) is 20.7. The van der Waals surface area contributed by atoms with Gasteiger partial charge in [-0.3, -0.25) is 4.79 Å². The highest BCUT2D eigenvalue weighted by Gasteiger charge is 2.20. The maximum atomic E-state index is 14.2. The smallest absolute Gasteiger partial charge is 0.303 e.